The molecule has 8 nitrogen and oxygen atoms in total. The lowest BCUT2D eigenvalue weighted by Crippen LogP contribution is -2.19. The fourth-order valence-corrected chi connectivity index (χ4v) is 12.5. The predicted octanol–water partition coefficient (Wildman–Crippen LogP) is 19.6. The van der Waals surface area contributed by atoms with Gasteiger partial charge in [-0.1, -0.05) is 179 Å². The maximum atomic E-state index is 13.9. The third-order valence-corrected chi connectivity index (χ3v) is 17.6. The van der Waals surface area contributed by atoms with Gasteiger partial charge in [0.15, 0.2) is 0 Å². The molecule has 2 aliphatic carbocycles. The van der Waals surface area contributed by atoms with Crippen LogP contribution in [0, 0.1) is 17.3 Å². The minimum atomic E-state index is -0.159. The molecular weight excluding hydrogens is 1030 g/mol. The van der Waals surface area contributed by atoms with Crippen molar-refractivity contribution in [2.24, 2.45) is 32.2 Å². The lowest BCUT2D eigenvalue weighted by Gasteiger charge is -2.32. The zero-order valence-electron chi connectivity index (χ0n) is 52.9. The van der Waals surface area contributed by atoms with Crippen LogP contribution >= 0.6 is 0 Å². The molecule has 8 rings (SSSR count). The monoisotopic (exact) mass is 1120 g/mol. The van der Waals surface area contributed by atoms with Crippen molar-refractivity contribution in [2.45, 2.75) is 174 Å². The van der Waals surface area contributed by atoms with Gasteiger partial charge >= 0.3 is 0 Å². The summed E-state index contributed by atoms with van der Waals surface area (Å²) in [5.41, 5.74) is 24.2. The first-order valence-corrected chi connectivity index (χ1v) is 31.0. The van der Waals surface area contributed by atoms with Crippen LogP contribution in [0.5, 0.6) is 0 Å². The first-order chi connectivity index (χ1) is 40.3. The number of fused-ring (bicyclic) bond motifs is 5. The largest absolute Gasteiger partial charge is 0.511 e. The highest BCUT2D eigenvalue weighted by Crippen LogP contribution is 2.47. The average Bonchev–Trinajstić information content (AvgIpc) is 1.74. The molecule has 3 N–H and O–H groups in total. The van der Waals surface area contributed by atoms with Crippen molar-refractivity contribution in [3.63, 3.8) is 0 Å². The predicted molar refractivity (Wildman–Crippen MR) is 357 cm³/mol. The van der Waals surface area contributed by atoms with E-state index < -0.39 is 0 Å². The number of amides is 1. The molecule has 8 bridgehead atoms. The van der Waals surface area contributed by atoms with E-state index in [1.807, 2.05) is 31.2 Å². The second-order valence-electron chi connectivity index (χ2n) is 24.7. The molecule has 1 unspecified atom stereocenters. The topological polar surface area (TPSA) is 108 Å². The smallest absolute Gasteiger partial charge is 0.224 e. The number of unbranched alkanes of at least 4 members (excludes halogenated alkanes) is 3. The van der Waals surface area contributed by atoms with E-state index in [9.17, 15) is 9.90 Å². The number of allylic oxidation sites excluding steroid dienone is 30. The van der Waals surface area contributed by atoms with Crippen LogP contribution in [-0.4, -0.2) is 40.9 Å². The summed E-state index contributed by atoms with van der Waals surface area (Å²) in [6.45, 7) is 31.3. The summed E-state index contributed by atoms with van der Waals surface area (Å²) in [7, 11) is 0. The van der Waals surface area contributed by atoms with Gasteiger partial charge in [0.05, 0.1) is 40.3 Å². The van der Waals surface area contributed by atoms with Crippen LogP contribution in [0.2, 0.25) is 0 Å². The lowest BCUT2D eigenvalue weighted by molar-refractivity contribution is -0.116. The van der Waals surface area contributed by atoms with E-state index >= 15 is 0 Å². The fourth-order valence-electron chi connectivity index (χ4n) is 12.5. The maximum absolute atomic E-state index is 13.9. The highest BCUT2D eigenvalue weighted by Gasteiger charge is 2.41. The zero-order chi connectivity index (χ0) is 60.2. The Kier molecular flexibility index (Phi) is 21.2. The number of carbonyl (C=O) groups excluding carboxylic acids is 1. The van der Waals surface area contributed by atoms with E-state index in [2.05, 4.69) is 204 Å². The number of nitrogens with zero attached hydrogens (tertiary/aromatic N) is 3. The molecule has 1 aromatic carbocycles. The summed E-state index contributed by atoms with van der Waals surface area (Å²) in [4.78, 5) is 29.7. The Balaban J connectivity index is 0.902. The Morgan fingerprint density at radius 2 is 1.43 bits per heavy atom. The van der Waals surface area contributed by atoms with Crippen LogP contribution in [0.25, 0.3) is 6.08 Å². The highest BCUT2D eigenvalue weighted by atomic mass is 16.5. The van der Waals surface area contributed by atoms with Gasteiger partial charge in [0.25, 0.3) is 0 Å². The third kappa shape index (κ3) is 15.3. The van der Waals surface area contributed by atoms with Crippen molar-refractivity contribution in [3.05, 3.63) is 234 Å². The lowest BCUT2D eigenvalue weighted by atomic mass is 9.72. The third-order valence-electron chi connectivity index (χ3n) is 17.6. The van der Waals surface area contributed by atoms with Gasteiger partial charge in [-0.15, -0.1) is 0 Å². The molecule has 5 aliphatic heterocycles. The molecule has 8 heteroatoms. The molecule has 0 radical (unpaired) electrons. The number of aliphatic imine (C=N–C) groups is 3. The SMILES string of the molecule is CCCCCCOC(C)C1=C(C)C2=NC1=CC1=NC(=CC3=C(C)C4=C(O)CC(=C5NC(=C2)[C@@H](C)[C@@H]5CCC(=O)Nc2ccc(/C=C/C(C)=C/C=C/C(C)=C/C=C/C=C(C)/C=C/C=C(C)/C=C/C5=C(C)CCCC5(C)C)cc2)C4=N3)C(CC)=C1C. The Hall–Kier alpha value is -7.42. The van der Waals surface area contributed by atoms with Crippen molar-refractivity contribution < 1.29 is 14.6 Å². The molecule has 1 amide bonds. The van der Waals surface area contributed by atoms with E-state index in [0.29, 0.717) is 31.6 Å². The van der Waals surface area contributed by atoms with Gasteiger partial charge in [-0.25, -0.2) is 15.0 Å². The number of aliphatic hydroxyl groups excluding tert-OH is 1. The number of hydrogen-bond acceptors (Lipinski definition) is 7. The standard InChI is InChI=1S/C76H93N5O3/c1-15-17-18-21-43-84-57(12)72-55(10)66-45-65-54(9)61(74(80-65)62-44-70(82)73-56(11)67(81-75(62)73)46-68-60(16-2)53(8)64(78-68)47-69(72)79-66)39-41-71(83)77-59-37-35-58(36-38-59)34-32-50(5)29-22-27-48(3)25-19-20-26-49(4)28-23-30-51(6)33-40-63-52(7)31-24-42-76(63,13)14/h19-20,22-23,25-30,32-38,40,45-47,54,57,61,80,82H,15-18,21,24,31,39,41-44H2,1-14H3,(H,77,83)/b20-19+,27-22+,28-23+,34-32+,40-33+,48-25+,49-26+,50-29+,51-30+,65-45?,68-46?,69-47?,74-62?/t54-,57?,61-/m0/s1. The van der Waals surface area contributed by atoms with Crippen molar-refractivity contribution in [2.75, 3.05) is 11.9 Å². The van der Waals surface area contributed by atoms with E-state index in [1.165, 1.54) is 60.0 Å². The Morgan fingerprint density at radius 1 is 0.786 bits per heavy atom. The van der Waals surface area contributed by atoms with Crippen molar-refractivity contribution >= 4 is 34.8 Å². The molecular formula is C76H93N5O3. The molecule has 1 saturated heterocycles. The number of nitrogens with one attached hydrogen (secondary N) is 2. The summed E-state index contributed by atoms with van der Waals surface area (Å²) in [5, 5.41) is 18.7. The van der Waals surface area contributed by atoms with Gasteiger partial charge in [-0.2, -0.15) is 0 Å². The molecule has 5 heterocycles. The summed E-state index contributed by atoms with van der Waals surface area (Å²) >= 11 is 0. The van der Waals surface area contributed by atoms with Gasteiger partial charge in [0.2, 0.25) is 5.91 Å². The average molecular weight is 1120 g/mol. The van der Waals surface area contributed by atoms with Gasteiger partial charge in [0.1, 0.15) is 5.76 Å². The van der Waals surface area contributed by atoms with Gasteiger partial charge in [-0.3, -0.25) is 4.79 Å². The van der Waals surface area contributed by atoms with Crippen LogP contribution in [-0.2, 0) is 9.53 Å². The molecule has 1 aromatic rings. The molecule has 84 heavy (non-hydrogen) atoms. The van der Waals surface area contributed by atoms with Crippen LogP contribution < -0.4 is 10.6 Å². The normalized spacial score (nSPS) is 21.9. The summed E-state index contributed by atoms with van der Waals surface area (Å²) in [5.74, 6) is 0.265. The number of anilines is 1. The number of ether oxygens (including phenoxy) is 1. The molecule has 7 aliphatic rings. The van der Waals surface area contributed by atoms with Crippen molar-refractivity contribution in [1.82, 2.24) is 5.32 Å². The summed E-state index contributed by atoms with van der Waals surface area (Å²) < 4.78 is 6.55. The maximum Gasteiger partial charge on any atom is 0.224 e. The number of rotatable bonds is 22. The molecule has 1 fully saturated rings. The minimum Gasteiger partial charge on any atom is -0.511 e. The minimum absolute atomic E-state index is 0.0247. The molecule has 3 atom stereocenters. The molecule has 0 aromatic heterocycles. The quantitative estimate of drug-likeness (QED) is 0.0794. The second kappa shape index (κ2) is 28.4. The van der Waals surface area contributed by atoms with E-state index in [1.54, 1.807) is 0 Å². The number of hydrogen-bond donors (Lipinski definition) is 3. The highest BCUT2D eigenvalue weighted by molar-refractivity contribution is 6.21. The first kappa shape index (κ1) is 62.6. The van der Waals surface area contributed by atoms with Crippen LogP contribution in [0.4, 0.5) is 5.69 Å². The van der Waals surface area contributed by atoms with E-state index in [-0.39, 0.29) is 29.3 Å². The van der Waals surface area contributed by atoms with Gasteiger partial charge < -0.3 is 20.5 Å². The van der Waals surface area contributed by atoms with E-state index in [0.717, 1.165) is 121 Å². The van der Waals surface area contributed by atoms with Gasteiger partial charge in [-0.05, 0) is 170 Å². The van der Waals surface area contributed by atoms with Gasteiger partial charge in [0, 0.05) is 65.1 Å². The van der Waals surface area contributed by atoms with Crippen LogP contribution in [0.1, 0.15) is 173 Å². The molecule has 0 spiro atoms. The van der Waals surface area contributed by atoms with Crippen molar-refractivity contribution in [3.8, 4) is 0 Å². The van der Waals surface area contributed by atoms with Crippen LogP contribution in [0.15, 0.2) is 243 Å². The Labute approximate surface area is 503 Å². The Bertz CT molecular complexity index is 3460. The summed E-state index contributed by atoms with van der Waals surface area (Å²) in [6, 6.07) is 7.99. The Morgan fingerprint density at radius 3 is 2.10 bits per heavy atom. The number of aliphatic hydroxyl groups is 1. The second-order valence-corrected chi connectivity index (χ2v) is 24.7. The molecule has 440 valence electrons. The van der Waals surface area contributed by atoms with E-state index in [4.69, 9.17) is 19.7 Å². The van der Waals surface area contributed by atoms with Crippen molar-refractivity contribution in [1.29, 1.82) is 0 Å². The van der Waals surface area contributed by atoms with Crippen LogP contribution in [0.3, 0.4) is 0 Å². The zero-order valence-corrected chi connectivity index (χ0v) is 52.9. The first-order valence-electron chi connectivity index (χ1n) is 31.0. The number of carbonyl (C=O) groups is 1. The fraction of sp³-hybridized carbons (Fsp3) is 0.395. The molecule has 0 saturated carbocycles. The number of benzene rings is 1. The summed E-state index contributed by atoms with van der Waals surface area (Å²) in [6.07, 6.45) is 46.6.